The number of rotatable bonds is 18. The van der Waals surface area contributed by atoms with Gasteiger partial charge in [0.1, 0.15) is 30.1 Å². The van der Waals surface area contributed by atoms with Crippen LogP contribution in [0.3, 0.4) is 0 Å². The average Bonchev–Trinajstić information content (AvgIpc) is 3.81. The van der Waals surface area contributed by atoms with Gasteiger partial charge in [-0.15, -0.1) is 0 Å². The van der Waals surface area contributed by atoms with Crippen LogP contribution in [0, 0.1) is 17.2 Å². The third kappa shape index (κ3) is 12.3. The molecule has 1 saturated carbocycles. The summed E-state index contributed by atoms with van der Waals surface area (Å²) in [7, 11) is 0. The Morgan fingerprint density at radius 2 is 1.70 bits per heavy atom. The van der Waals surface area contributed by atoms with Crippen LogP contribution in [0.4, 0.5) is 17.6 Å². The molecule has 0 spiro atoms. The lowest BCUT2D eigenvalue weighted by molar-refractivity contribution is 0.0893. The number of nitrogens with zero attached hydrogens (tertiary/aromatic N) is 11. The van der Waals surface area contributed by atoms with Gasteiger partial charge in [0, 0.05) is 126 Å². The summed E-state index contributed by atoms with van der Waals surface area (Å²) in [6, 6.07) is 13.7. The van der Waals surface area contributed by atoms with Gasteiger partial charge in [0.2, 0.25) is 11.8 Å². The maximum Gasteiger partial charge on any atom is 0.254 e. The van der Waals surface area contributed by atoms with E-state index >= 15 is 0 Å². The number of pyridine rings is 1. The summed E-state index contributed by atoms with van der Waals surface area (Å²) in [5.74, 6) is 4.29. The van der Waals surface area contributed by atoms with Gasteiger partial charge in [-0.1, -0.05) is 24.6 Å². The molecule has 0 radical (unpaired) electrons. The van der Waals surface area contributed by atoms with Gasteiger partial charge in [-0.2, -0.15) is 14.9 Å². The zero-order valence-electron chi connectivity index (χ0n) is 39.8. The van der Waals surface area contributed by atoms with Crippen molar-refractivity contribution in [1.29, 1.82) is 5.26 Å². The van der Waals surface area contributed by atoms with Crippen molar-refractivity contribution in [2.24, 2.45) is 5.92 Å². The molecule has 0 bridgehead atoms. The third-order valence-corrected chi connectivity index (χ3v) is 14.7. The van der Waals surface area contributed by atoms with Gasteiger partial charge in [0.25, 0.3) is 5.91 Å². The van der Waals surface area contributed by atoms with Gasteiger partial charge in [-0.05, 0) is 94.2 Å². The van der Waals surface area contributed by atoms with Crippen LogP contribution in [-0.4, -0.2) is 141 Å². The number of hydrogen-bond donors (Lipinski definition) is 3. The van der Waals surface area contributed by atoms with Crippen molar-refractivity contribution in [2.75, 3.05) is 87.2 Å². The molecule has 1 amide bonds. The summed E-state index contributed by atoms with van der Waals surface area (Å²) >= 11 is 6.17. The van der Waals surface area contributed by atoms with Crippen LogP contribution in [0.15, 0.2) is 61.2 Å². The highest BCUT2D eigenvalue weighted by atomic mass is 35.5. The van der Waals surface area contributed by atoms with E-state index in [1.54, 1.807) is 30.6 Å². The van der Waals surface area contributed by atoms with Crippen LogP contribution in [0.5, 0.6) is 11.6 Å². The maximum absolute atomic E-state index is 13.1. The number of fused-ring (bicyclic) bond motifs is 1. The second-order valence-electron chi connectivity index (χ2n) is 19.0. The molecule has 4 fully saturated rings. The molecule has 7 heterocycles. The Kier molecular flexibility index (Phi) is 16.2. The number of ether oxygens (including phenoxy) is 2. The first-order chi connectivity index (χ1) is 33.8. The van der Waals surface area contributed by atoms with E-state index in [0.717, 1.165) is 152 Å². The number of carbonyl (C=O) groups excluding carboxylic acids is 1. The van der Waals surface area contributed by atoms with Gasteiger partial charge >= 0.3 is 0 Å². The molecule has 17 nitrogen and oxygen atoms in total. The number of nitriles is 1. The number of aryl methyl sites for hydroxylation is 1. The summed E-state index contributed by atoms with van der Waals surface area (Å²) < 4.78 is 14.1. The lowest BCUT2D eigenvalue weighted by atomic mass is 9.92. The van der Waals surface area contributed by atoms with Crippen LogP contribution < -0.4 is 29.9 Å². The first-order valence-corrected chi connectivity index (χ1v) is 25.5. The topological polar surface area (TPSA) is 185 Å². The fraction of sp³-hybridized carbons (Fsp3) is 0.549. The zero-order chi connectivity index (χ0) is 47.5. The van der Waals surface area contributed by atoms with Crippen molar-refractivity contribution in [3.8, 4) is 17.7 Å². The number of halogens is 1. The minimum Gasteiger partial charge on any atom is -0.490 e. The van der Waals surface area contributed by atoms with Crippen molar-refractivity contribution in [3.63, 3.8) is 0 Å². The van der Waals surface area contributed by atoms with E-state index in [9.17, 15) is 9.90 Å². The number of aliphatic hydroxyl groups excluding tert-OH is 1. The van der Waals surface area contributed by atoms with E-state index in [0.29, 0.717) is 52.8 Å². The van der Waals surface area contributed by atoms with E-state index in [2.05, 4.69) is 75.4 Å². The van der Waals surface area contributed by atoms with Crippen LogP contribution >= 0.6 is 11.6 Å². The quantitative estimate of drug-likeness (QED) is 0.0877. The number of anilines is 3. The van der Waals surface area contributed by atoms with Crippen molar-refractivity contribution in [2.45, 2.75) is 102 Å². The van der Waals surface area contributed by atoms with Crippen LogP contribution in [0.25, 0.3) is 5.65 Å². The molecule has 9 rings (SSSR count). The SMILES string of the molecule is CCc1cnn2c(NCc3ccc(OCCN4CCN(CC5CCN(c6ncc(C(=O)N[C@H]7CC[C@H](Oc8ccc(C#N)c(Cl)c8)CC7)cn6)CC5)CC4)nc3)cc(N3CCCC[C@H]3CCO)nc12. The maximum atomic E-state index is 13.1. The lowest BCUT2D eigenvalue weighted by Crippen LogP contribution is -2.49. The summed E-state index contributed by atoms with van der Waals surface area (Å²) in [6.07, 6.45) is 17.5. The standard InChI is InChI=1S/C51H66ClN13O4/c1-2-38-34-58-65-46(28-47(60-49(38)65)64-17-4-3-5-42(64)16-25-66)54-30-37-6-13-48(55-31-37)68-26-24-61-20-22-62(23-21-61)35-36-14-18-63(19-15-36)51-56-32-40(33-57-51)50(67)59-41-8-11-43(12-9-41)69-44-10-7-39(29-53)45(52)27-44/h6-7,10,13,27-28,31-34,36,41-43,54,66H,2-5,8-9,11-12,14-26,30,35H2,1H3,(H,59,67)/t41-,42-,43-/m0/s1. The molecule has 1 aromatic carbocycles. The fourth-order valence-corrected chi connectivity index (χ4v) is 10.5. The Labute approximate surface area is 410 Å². The Balaban J connectivity index is 0.650. The van der Waals surface area contributed by atoms with E-state index < -0.39 is 0 Å². The van der Waals surface area contributed by atoms with Gasteiger partial charge in [0.15, 0.2) is 5.65 Å². The summed E-state index contributed by atoms with van der Waals surface area (Å²) in [6.45, 7) is 12.4. The molecular formula is C51H66ClN13O4. The molecule has 4 aliphatic rings. The van der Waals surface area contributed by atoms with Crippen molar-refractivity contribution in [3.05, 3.63) is 88.5 Å². The number of amides is 1. The average molecular weight is 961 g/mol. The molecule has 1 atom stereocenters. The highest BCUT2D eigenvalue weighted by molar-refractivity contribution is 6.31. The summed E-state index contributed by atoms with van der Waals surface area (Å²) in [5, 5.41) is 30.7. The molecule has 366 valence electrons. The van der Waals surface area contributed by atoms with Gasteiger partial charge < -0.3 is 39.9 Å². The van der Waals surface area contributed by atoms with Crippen LogP contribution in [0.2, 0.25) is 5.02 Å². The first kappa shape index (κ1) is 48.2. The second-order valence-corrected chi connectivity index (χ2v) is 19.4. The predicted octanol–water partition coefficient (Wildman–Crippen LogP) is 6.39. The molecule has 3 N–H and O–H groups in total. The van der Waals surface area contributed by atoms with E-state index in [4.69, 9.17) is 31.3 Å². The van der Waals surface area contributed by atoms with Crippen molar-refractivity contribution in [1.82, 2.24) is 44.7 Å². The lowest BCUT2D eigenvalue weighted by Gasteiger charge is -2.38. The minimum atomic E-state index is -0.149. The van der Waals surface area contributed by atoms with Gasteiger partial charge in [-0.25, -0.2) is 19.9 Å². The van der Waals surface area contributed by atoms with E-state index in [1.165, 1.54) is 6.42 Å². The molecular weight excluding hydrogens is 894 g/mol. The molecule has 4 aromatic heterocycles. The van der Waals surface area contributed by atoms with E-state index in [1.807, 2.05) is 23.0 Å². The van der Waals surface area contributed by atoms with E-state index in [-0.39, 0.29) is 30.7 Å². The number of nitrogens with one attached hydrogen (secondary N) is 2. The molecule has 0 unspecified atom stereocenters. The molecule has 3 saturated heterocycles. The smallest absolute Gasteiger partial charge is 0.254 e. The number of benzene rings is 1. The molecule has 69 heavy (non-hydrogen) atoms. The zero-order valence-corrected chi connectivity index (χ0v) is 40.6. The van der Waals surface area contributed by atoms with Crippen molar-refractivity contribution < 1.29 is 19.4 Å². The minimum absolute atomic E-state index is 0.0399. The fourth-order valence-electron chi connectivity index (χ4n) is 10.3. The second kappa shape index (κ2) is 23.2. The molecule has 5 aromatic rings. The number of carbonyl (C=O) groups is 1. The highest BCUT2D eigenvalue weighted by Gasteiger charge is 2.28. The number of piperazine rings is 1. The first-order valence-electron chi connectivity index (χ1n) is 25.1. The largest absolute Gasteiger partial charge is 0.490 e. The van der Waals surface area contributed by atoms with Crippen LogP contribution in [0.1, 0.15) is 98.2 Å². The van der Waals surface area contributed by atoms with Gasteiger partial charge in [0.05, 0.1) is 28.5 Å². The third-order valence-electron chi connectivity index (χ3n) is 14.4. The predicted molar refractivity (Wildman–Crippen MR) is 266 cm³/mol. The molecule has 18 heteroatoms. The Morgan fingerprint density at radius 3 is 2.42 bits per heavy atom. The van der Waals surface area contributed by atoms with Crippen molar-refractivity contribution >= 4 is 40.7 Å². The Bertz CT molecular complexity index is 2490. The molecule has 1 aliphatic carbocycles. The monoisotopic (exact) mass is 960 g/mol. The highest BCUT2D eigenvalue weighted by Crippen LogP contribution is 2.31. The number of piperidine rings is 2. The Morgan fingerprint density at radius 1 is 0.899 bits per heavy atom. The number of aromatic nitrogens is 6. The number of hydrogen-bond acceptors (Lipinski definition) is 15. The summed E-state index contributed by atoms with van der Waals surface area (Å²) in [4.78, 5) is 41.7. The van der Waals surface area contributed by atoms with Crippen LogP contribution in [-0.2, 0) is 13.0 Å². The summed E-state index contributed by atoms with van der Waals surface area (Å²) in [5.41, 5.74) is 3.94. The Hall–Kier alpha value is -5.80. The normalized spacial score (nSPS) is 20.7. The van der Waals surface area contributed by atoms with Gasteiger partial charge in [-0.3, -0.25) is 9.69 Å². The molecule has 3 aliphatic heterocycles. The number of aliphatic hydroxyl groups is 1.